The number of nitrogens with zero attached hydrogens (tertiary/aromatic N) is 2. The van der Waals surface area contributed by atoms with E-state index in [0.717, 1.165) is 12.0 Å². The first kappa shape index (κ1) is 13.7. The molecule has 0 N–H and O–H groups in total. The number of hydrogen-bond acceptors (Lipinski definition) is 2. The summed E-state index contributed by atoms with van der Waals surface area (Å²) in [4.78, 5) is 5.21. The minimum atomic E-state index is 0.719. The van der Waals surface area contributed by atoms with E-state index in [4.69, 9.17) is 0 Å². The number of rotatable bonds is 3. The van der Waals surface area contributed by atoms with Crippen molar-refractivity contribution in [3.63, 3.8) is 0 Å². The van der Waals surface area contributed by atoms with E-state index in [0.29, 0.717) is 0 Å². The topological polar surface area (TPSA) is 6.48 Å². The number of hydrogen-bond donors (Lipinski definition) is 0. The van der Waals surface area contributed by atoms with Crippen molar-refractivity contribution >= 4 is 11.4 Å². The van der Waals surface area contributed by atoms with Crippen LogP contribution in [0.5, 0.6) is 0 Å². The largest absolute Gasteiger partial charge is 0.371 e. The van der Waals surface area contributed by atoms with Gasteiger partial charge in [-0.15, -0.1) is 0 Å². The summed E-state index contributed by atoms with van der Waals surface area (Å²) in [6.07, 6.45) is 4.01. The van der Waals surface area contributed by atoms with Crippen molar-refractivity contribution in [1.29, 1.82) is 0 Å². The summed E-state index contributed by atoms with van der Waals surface area (Å²) < 4.78 is 0. The highest BCUT2D eigenvalue weighted by atomic mass is 15.2. The third kappa shape index (κ3) is 2.58. The van der Waals surface area contributed by atoms with Crippen molar-refractivity contribution in [1.82, 2.24) is 0 Å². The Morgan fingerprint density at radius 1 is 0.727 bits per heavy atom. The van der Waals surface area contributed by atoms with Crippen LogP contribution in [0.15, 0.2) is 60.7 Å². The molecule has 0 aliphatic carbocycles. The Morgan fingerprint density at radius 2 is 1.41 bits per heavy atom. The third-order valence-corrected chi connectivity index (χ3v) is 5.28. The summed E-state index contributed by atoms with van der Waals surface area (Å²) in [5, 5.41) is 0. The van der Waals surface area contributed by atoms with E-state index in [1.165, 1.54) is 50.3 Å². The summed E-state index contributed by atoms with van der Waals surface area (Å²) in [6.45, 7) is 3.63. The zero-order valence-corrected chi connectivity index (χ0v) is 13.1. The molecular weight excluding hydrogens is 268 g/mol. The van der Waals surface area contributed by atoms with Crippen molar-refractivity contribution < 1.29 is 0 Å². The Kier molecular flexibility index (Phi) is 3.75. The molecule has 0 bridgehead atoms. The summed E-state index contributed by atoms with van der Waals surface area (Å²) in [6, 6.07) is 22.6. The predicted octanol–water partition coefficient (Wildman–Crippen LogP) is 4.18. The normalized spacial score (nSPS) is 24.9. The van der Waals surface area contributed by atoms with Gasteiger partial charge >= 0.3 is 0 Å². The highest BCUT2D eigenvalue weighted by molar-refractivity contribution is 5.50. The highest BCUT2D eigenvalue weighted by Crippen LogP contribution is 2.35. The molecule has 2 atom stereocenters. The molecule has 114 valence electrons. The maximum Gasteiger partial charge on any atom is 0.0368 e. The summed E-state index contributed by atoms with van der Waals surface area (Å²) in [5.74, 6) is 0.794. The van der Waals surface area contributed by atoms with Gasteiger partial charge in [-0.2, -0.15) is 0 Å². The van der Waals surface area contributed by atoms with Gasteiger partial charge in [-0.05, 0) is 49.4 Å². The molecule has 2 fully saturated rings. The van der Waals surface area contributed by atoms with Crippen LogP contribution in [0, 0.1) is 5.92 Å². The van der Waals surface area contributed by atoms with Crippen LogP contribution in [0.4, 0.5) is 11.4 Å². The zero-order chi connectivity index (χ0) is 14.8. The predicted molar refractivity (Wildman–Crippen MR) is 93.6 cm³/mol. The monoisotopic (exact) mass is 292 g/mol. The van der Waals surface area contributed by atoms with Gasteiger partial charge in [0.2, 0.25) is 0 Å². The van der Waals surface area contributed by atoms with Gasteiger partial charge in [-0.3, -0.25) is 0 Å². The second kappa shape index (κ2) is 6.04. The first-order valence-electron chi connectivity index (χ1n) is 8.53. The van der Waals surface area contributed by atoms with Gasteiger partial charge in [0, 0.05) is 37.1 Å². The van der Waals surface area contributed by atoms with Crippen LogP contribution >= 0.6 is 0 Å². The van der Waals surface area contributed by atoms with Gasteiger partial charge in [0.15, 0.2) is 0 Å². The van der Waals surface area contributed by atoms with Crippen LogP contribution in [0.2, 0.25) is 0 Å². The summed E-state index contributed by atoms with van der Waals surface area (Å²) in [7, 11) is 0. The molecule has 0 radical (unpaired) electrons. The minimum absolute atomic E-state index is 0.719. The van der Waals surface area contributed by atoms with E-state index in [1.54, 1.807) is 0 Å². The first-order chi connectivity index (χ1) is 10.9. The molecule has 2 heteroatoms. The van der Waals surface area contributed by atoms with Crippen LogP contribution in [0.1, 0.15) is 19.3 Å². The minimum Gasteiger partial charge on any atom is -0.371 e. The molecule has 2 saturated heterocycles. The summed E-state index contributed by atoms with van der Waals surface area (Å²) >= 11 is 0. The number of benzene rings is 2. The lowest BCUT2D eigenvalue weighted by Gasteiger charge is -2.31. The number of anilines is 2. The summed E-state index contributed by atoms with van der Waals surface area (Å²) in [5.41, 5.74) is 2.79. The smallest absolute Gasteiger partial charge is 0.0368 e. The van der Waals surface area contributed by atoms with Crippen molar-refractivity contribution in [3.05, 3.63) is 60.7 Å². The fraction of sp³-hybridized carbons (Fsp3) is 0.400. The van der Waals surface area contributed by atoms with Crippen molar-refractivity contribution in [2.45, 2.75) is 25.3 Å². The molecule has 0 saturated carbocycles. The van der Waals surface area contributed by atoms with Gasteiger partial charge in [0.05, 0.1) is 0 Å². The van der Waals surface area contributed by atoms with Gasteiger partial charge in [0.25, 0.3) is 0 Å². The molecule has 2 aliphatic heterocycles. The van der Waals surface area contributed by atoms with Crippen molar-refractivity contribution in [3.8, 4) is 0 Å². The highest BCUT2D eigenvalue weighted by Gasteiger charge is 2.35. The van der Waals surface area contributed by atoms with Gasteiger partial charge < -0.3 is 9.80 Å². The standard InChI is InChI=1S/C20H24N2/c1-3-8-18(9-4-1)21-15-13-17(16-21)20-12-7-14-22(20)19-10-5-2-6-11-19/h1-6,8-11,17,20H,7,12-16H2/t17-,20-/m0/s1. The maximum atomic E-state index is 2.65. The Morgan fingerprint density at radius 3 is 2.14 bits per heavy atom. The van der Waals surface area contributed by atoms with E-state index in [2.05, 4.69) is 70.5 Å². The van der Waals surface area contributed by atoms with Crippen molar-refractivity contribution in [2.24, 2.45) is 5.92 Å². The molecule has 4 rings (SSSR count). The molecule has 2 nitrogen and oxygen atoms in total. The lowest BCUT2D eigenvalue weighted by molar-refractivity contribution is 0.457. The molecule has 0 unspecified atom stereocenters. The van der Waals surface area contributed by atoms with Crippen LogP contribution in [-0.4, -0.2) is 25.7 Å². The molecule has 0 spiro atoms. The van der Waals surface area contributed by atoms with Crippen LogP contribution in [-0.2, 0) is 0 Å². The molecule has 0 aromatic heterocycles. The molecule has 2 aromatic rings. The lowest BCUT2D eigenvalue weighted by atomic mass is 9.96. The zero-order valence-electron chi connectivity index (χ0n) is 13.1. The van der Waals surface area contributed by atoms with Crippen LogP contribution in [0.3, 0.4) is 0 Å². The van der Waals surface area contributed by atoms with E-state index in [-0.39, 0.29) is 0 Å². The van der Waals surface area contributed by atoms with E-state index >= 15 is 0 Å². The Labute approximate surface area is 133 Å². The Balaban J connectivity index is 1.48. The maximum absolute atomic E-state index is 2.65. The van der Waals surface area contributed by atoms with Crippen molar-refractivity contribution in [2.75, 3.05) is 29.4 Å². The van der Waals surface area contributed by atoms with Gasteiger partial charge in [-0.25, -0.2) is 0 Å². The SMILES string of the molecule is c1ccc(N2CC[C@H]([C@@H]3CCCN3c3ccccc3)C2)cc1. The second-order valence-electron chi connectivity index (χ2n) is 6.57. The Bertz CT molecular complexity index is 596. The fourth-order valence-electron chi connectivity index (χ4n) is 4.20. The lowest BCUT2D eigenvalue weighted by Crippen LogP contribution is -2.37. The fourth-order valence-corrected chi connectivity index (χ4v) is 4.20. The molecule has 0 amide bonds. The first-order valence-corrected chi connectivity index (χ1v) is 8.53. The third-order valence-electron chi connectivity index (χ3n) is 5.28. The Hall–Kier alpha value is -1.96. The molecule has 22 heavy (non-hydrogen) atoms. The van der Waals surface area contributed by atoms with Gasteiger partial charge in [-0.1, -0.05) is 36.4 Å². The van der Waals surface area contributed by atoms with E-state index < -0.39 is 0 Å². The van der Waals surface area contributed by atoms with Crippen LogP contribution in [0.25, 0.3) is 0 Å². The molecule has 2 heterocycles. The van der Waals surface area contributed by atoms with E-state index in [9.17, 15) is 0 Å². The average Bonchev–Trinajstić information content (AvgIpc) is 3.25. The quantitative estimate of drug-likeness (QED) is 0.837. The average molecular weight is 292 g/mol. The second-order valence-corrected chi connectivity index (χ2v) is 6.57. The number of para-hydroxylation sites is 2. The van der Waals surface area contributed by atoms with E-state index in [1.807, 2.05) is 0 Å². The van der Waals surface area contributed by atoms with Gasteiger partial charge in [0.1, 0.15) is 0 Å². The molecule has 2 aliphatic rings. The molecule has 2 aromatic carbocycles. The van der Waals surface area contributed by atoms with Crippen LogP contribution < -0.4 is 9.80 Å². The molecular formula is C20H24N2.